The van der Waals surface area contributed by atoms with Crippen LogP contribution in [-0.4, -0.2) is 47.7 Å². The molecule has 0 radical (unpaired) electrons. The third kappa shape index (κ3) is 4.12. The second-order valence-corrected chi connectivity index (χ2v) is 6.87. The second-order valence-electron chi connectivity index (χ2n) is 6.87. The number of benzene rings is 1. The number of hydrogen-bond acceptors (Lipinski definition) is 5. The van der Waals surface area contributed by atoms with E-state index in [4.69, 9.17) is 4.74 Å². The van der Waals surface area contributed by atoms with E-state index in [9.17, 15) is 19.3 Å². The topological polar surface area (TPSA) is 75.9 Å². The quantitative estimate of drug-likeness (QED) is 0.624. The highest BCUT2D eigenvalue weighted by Crippen LogP contribution is 2.28. The van der Waals surface area contributed by atoms with Crippen LogP contribution < -0.4 is 4.90 Å². The molecule has 132 valence electrons. The lowest BCUT2D eigenvalue weighted by Gasteiger charge is -2.28. The lowest BCUT2D eigenvalue weighted by atomic mass is 10.2. The third-order valence-corrected chi connectivity index (χ3v) is 3.88. The molecule has 24 heavy (non-hydrogen) atoms. The van der Waals surface area contributed by atoms with Gasteiger partial charge in [-0.25, -0.2) is 9.18 Å². The Labute approximate surface area is 140 Å². The Morgan fingerprint density at radius 1 is 1.46 bits per heavy atom. The average molecular weight is 339 g/mol. The minimum absolute atomic E-state index is 0.102. The monoisotopic (exact) mass is 339 g/mol. The first-order chi connectivity index (χ1) is 11.1. The molecule has 1 aromatic rings. The van der Waals surface area contributed by atoms with Crippen molar-refractivity contribution < 1.29 is 18.8 Å². The summed E-state index contributed by atoms with van der Waals surface area (Å²) in [5.74, 6) is -0.634. The minimum atomic E-state index is -0.634. The van der Waals surface area contributed by atoms with E-state index in [1.54, 1.807) is 32.7 Å². The number of non-ortho nitro benzene ring substituents is 1. The van der Waals surface area contributed by atoms with Gasteiger partial charge >= 0.3 is 6.09 Å². The van der Waals surface area contributed by atoms with E-state index < -0.39 is 22.4 Å². The Morgan fingerprint density at radius 3 is 2.67 bits per heavy atom. The Kier molecular flexibility index (Phi) is 4.96. The van der Waals surface area contributed by atoms with Crippen molar-refractivity contribution in [3.63, 3.8) is 0 Å². The number of likely N-dealkylation sites (N-methyl/N-ethyl adjacent to an activating group) is 1. The standard InChI is InChI=1S/C16H22FN3O4/c1-16(2,3)24-15(21)18(4)12-7-8-19(10-12)14-6-5-11(20(22)23)9-13(14)17/h5-6,9,12H,7-8,10H2,1-4H3/t12-/m1/s1. The fraction of sp³-hybridized carbons (Fsp3) is 0.562. The number of ether oxygens (including phenoxy) is 1. The SMILES string of the molecule is CN(C(=O)OC(C)(C)C)[C@@H]1CCN(c2ccc([N+](=O)[O-])cc2F)C1. The van der Waals surface area contributed by atoms with Gasteiger partial charge in [0, 0.05) is 26.2 Å². The zero-order chi connectivity index (χ0) is 18.1. The van der Waals surface area contributed by atoms with Gasteiger partial charge in [-0.15, -0.1) is 0 Å². The van der Waals surface area contributed by atoms with Crippen LogP contribution in [0.2, 0.25) is 0 Å². The normalized spacial score (nSPS) is 17.7. The van der Waals surface area contributed by atoms with Crippen LogP contribution >= 0.6 is 0 Å². The van der Waals surface area contributed by atoms with Crippen LogP contribution in [0.4, 0.5) is 20.6 Å². The Balaban J connectivity index is 2.05. The number of amides is 1. The zero-order valence-corrected chi connectivity index (χ0v) is 14.3. The molecule has 1 fully saturated rings. The van der Waals surface area contributed by atoms with E-state index in [1.165, 1.54) is 17.0 Å². The predicted octanol–water partition coefficient (Wildman–Crippen LogP) is 3.18. The van der Waals surface area contributed by atoms with Crippen molar-refractivity contribution in [1.29, 1.82) is 0 Å². The Morgan fingerprint density at radius 2 is 2.12 bits per heavy atom. The maximum absolute atomic E-state index is 14.1. The summed E-state index contributed by atoms with van der Waals surface area (Å²) in [6.07, 6.45) is 0.255. The number of nitro groups is 1. The Bertz CT molecular complexity index is 645. The summed E-state index contributed by atoms with van der Waals surface area (Å²) >= 11 is 0. The number of hydrogen-bond donors (Lipinski definition) is 0. The van der Waals surface area contributed by atoms with Gasteiger partial charge in [0.05, 0.1) is 22.7 Å². The molecule has 0 N–H and O–H groups in total. The highest BCUT2D eigenvalue weighted by molar-refractivity contribution is 5.68. The molecule has 1 aliphatic heterocycles. The molecule has 0 bridgehead atoms. The van der Waals surface area contributed by atoms with Gasteiger partial charge in [0.15, 0.2) is 5.82 Å². The van der Waals surface area contributed by atoms with E-state index in [0.717, 1.165) is 6.07 Å². The van der Waals surface area contributed by atoms with Crippen molar-refractivity contribution in [2.75, 3.05) is 25.0 Å². The maximum Gasteiger partial charge on any atom is 0.410 e. The lowest BCUT2D eigenvalue weighted by molar-refractivity contribution is -0.385. The van der Waals surface area contributed by atoms with Crippen LogP contribution in [0.15, 0.2) is 18.2 Å². The average Bonchev–Trinajstić information content (AvgIpc) is 2.93. The van der Waals surface area contributed by atoms with Gasteiger partial charge in [-0.3, -0.25) is 10.1 Å². The van der Waals surface area contributed by atoms with Gasteiger partial charge in [-0.2, -0.15) is 0 Å². The summed E-state index contributed by atoms with van der Waals surface area (Å²) in [7, 11) is 1.66. The summed E-state index contributed by atoms with van der Waals surface area (Å²) in [4.78, 5) is 25.5. The molecule has 2 rings (SSSR count). The van der Waals surface area contributed by atoms with Crippen molar-refractivity contribution in [1.82, 2.24) is 4.90 Å². The Hall–Kier alpha value is -2.38. The number of carbonyl (C=O) groups excluding carboxylic acids is 1. The molecule has 0 unspecified atom stereocenters. The minimum Gasteiger partial charge on any atom is -0.444 e. The molecule has 1 heterocycles. The summed E-state index contributed by atoms with van der Waals surface area (Å²) in [6, 6.07) is 3.50. The molecule has 1 aliphatic rings. The summed E-state index contributed by atoms with van der Waals surface area (Å²) in [5, 5.41) is 10.7. The molecule has 1 saturated heterocycles. The molecule has 0 aromatic heterocycles. The lowest BCUT2D eigenvalue weighted by Crippen LogP contribution is -2.42. The van der Waals surface area contributed by atoms with Crippen LogP contribution in [-0.2, 0) is 4.74 Å². The summed E-state index contributed by atoms with van der Waals surface area (Å²) in [5.41, 5.74) is -0.549. The van der Waals surface area contributed by atoms with E-state index in [-0.39, 0.29) is 11.7 Å². The molecule has 7 nitrogen and oxygen atoms in total. The number of anilines is 1. The molecular weight excluding hydrogens is 317 g/mol. The number of halogens is 1. The van der Waals surface area contributed by atoms with Crippen molar-refractivity contribution in [3.05, 3.63) is 34.1 Å². The van der Waals surface area contributed by atoms with Gasteiger partial charge in [0.2, 0.25) is 0 Å². The van der Waals surface area contributed by atoms with Gasteiger partial charge in [-0.05, 0) is 33.3 Å². The second kappa shape index (κ2) is 6.62. The smallest absolute Gasteiger partial charge is 0.410 e. The maximum atomic E-state index is 14.1. The van der Waals surface area contributed by atoms with Crippen LogP contribution in [0.5, 0.6) is 0 Å². The van der Waals surface area contributed by atoms with Gasteiger partial charge in [0.25, 0.3) is 5.69 Å². The molecule has 1 amide bonds. The van der Waals surface area contributed by atoms with Gasteiger partial charge in [-0.1, -0.05) is 0 Å². The number of carbonyl (C=O) groups is 1. The first kappa shape index (κ1) is 18.0. The fourth-order valence-corrected chi connectivity index (χ4v) is 2.63. The van der Waals surface area contributed by atoms with Crippen molar-refractivity contribution in [3.8, 4) is 0 Å². The highest BCUT2D eigenvalue weighted by Gasteiger charge is 2.32. The van der Waals surface area contributed by atoms with Crippen LogP contribution in [0.1, 0.15) is 27.2 Å². The highest BCUT2D eigenvalue weighted by atomic mass is 19.1. The third-order valence-electron chi connectivity index (χ3n) is 3.88. The van der Waals surface area contributed by atoms with Crippen LogP contribution in [0.25, 0.3) is 0 Å². The molecule has 1 aromatic carbocycles. The van der Waals surface area contributed by atoms with Gasteiger partial charge < -0.3 is 14.5 Å². The van der Waals surface area contributed by atoms with Crippen molar-refractivity contribution in [2.45, 2.75) is 38.8 Å². The van der Waals surface area contributed by atoms with E-state index >= 15 is 0 Å². The largest absolute Gasteiger partial charge is 0.444 e. The molecule has 0 aliphatic carbocycles. The van der Waals surface area contributed by atoms with E-state index in [0.29, 0.717) is 25.2 Å². The molecule has 0 spiro atoms. The number of nitrogens with zero attached hydrogens (tertiary/aromatic N) is 3. The number of nitro benzene ring substituents is 1. The van der Waals surface area contributed by atoms with Crippen molar-refractivity contribution in [2.24, 2.45) is 0 Å². The molecule has 0 saturated carbocycles. The molecular formula is C16H22FN3O4. The predicted molar refractivity (Wildman–Crippen MR) is 87.7 cm³/mol. The summed E-state index contributed by atoms with van der Waals surface area (Å²) in [6.45, 7) is 6.40. The van der Waals surface area contributed by atoms with Gasteiger partial charge in [0.1, 0.15) is 5.60 Å². The summed E-state index contributed by atoms with van der Waals surface area (Å²) < 4.78 is 19.5. The fourth-order valence-electron chi connectivity index (χ4n) is 2.63. The van der Waals surface area contributed by atoms with E-state index in [2.05, 4.69) is 0 Å². The van der Waals surface area contributed by atoms with Crippen molar-refractivity contribution >= 4 is 17.5 Å². The first-order valence-corrected chi connectivity index (χ1v) is 7.73. The molecule has 1 atom stereocenters. The van der Waals surface area contributed by atoms with E-state index in [1.807, 2.05) is 0 Å². The first-order valence-electron chi connectivity index (χ1n) is 7.73. The van der Waals surface area contributed by atoms with Crippen LogP contribution in [0.3, 0.4) is 0 Å². The van der Waals surface area contributed by atoms with Crippen LogP contribution in [0, 0.1) is 15.9 Å². The zero-order valence-electron chi connectivity index (χ0n) is 14.3. The number of rotatable bonds is 3. The molecule has 8 heteroatoms.